The van der Waals surface area contributed by atoms with Gasteiger partial charge in [-0.3, -0.25) is 4.79 Å². The lowest BCUT2D eigenvalue weighted by Gasteiger charge is -2.15. The second-order valence-electron chi connectivity index (χ2n) is 4.29. The van der Waals surface area contributed by atoms with Crippen molar-refractivity contribution in [3.05, 3.63) is 34.3 Å². The van der Waals surface area contributed by atoms with E-state index < -0.39 is 17.3 Å². The fourth-order valence-electron chi connectivity index (χ4n) is 1.56. The molecule has 0 spiro atoms. The number of fused-ring (bicyclic) bond motifs is 1. The highest BCUT2D eigenvalue weighted by molar-refractivity contribution is 5.97. The van der Waals surface area contributed by atoms with Crippen LogP contribution in [0.15, 0.2) is 27.5 Å². The van der Waals surface area contributed by atoms with E-state index in [9.17, 15) is 9.59 Å². The molecule has 1 amide bonds. The molecule has 0 aliphatic heterocycles. The first-order valence-electron chi connectivity index (χ1n) is 5.45. The molecule has 0 unspecified atom stereocenters. The molecule has 1 aromatic heterocycles. The number of benzene rings is 1. The maximum Gasteiger partial charge on any atom is 0.366 e. The maximum absolute atomic E-state index is 11.4. The van der Waals surface area contributed by atoms with E-state index in [0.717, 1.165) is 6.92 Å². The molecule has 0 radical (unpaired) electrons. The van der Waals surface area contributed by atoms with Crippen LogP contribution in [0.25, 0.3) is 10.8 Å². The number of hydrogen-bond donors (Lipinski definition) is 3. The molecule has 19 heavy (non-hydrogen) atoms. The van der Waals surface area contributed by atoms with E-state index in [-0.39, 0.29) is 0 Å². The average molecular weight is 264 g/mol. The van der Waals surface area contributed by atoms with E-state index in [2.05, 4.69) is 15.0 Å². The predicted octanol–water partition coefficient (Wildman–Crippen LogP) is 0.136. The van der Waals surface area contributed by atoms with E-state index in [1.165, 1.54) is 18.2 Å². The van der Waals surface area contributed by atoms with Crippen LogP contribution < -0.4 is 10.9 Å². The van der Waals surface area contributed by atoms with Crippen molar-refractivity contribution in [1.29, 1.82) is 0 Å². The first-order chi connectivity index (χ1) is 8.79. The summed E-state index contributed by atoms with van der Waals surface area (Å²) in [4.78, 5) is 22.8. The number of hydrogen-bond acceptors (Lipinski definition) is 6. The second-order valence-corrected chi connectivity index (χ2v) is 4.29. The Morgan fingerprint density at radius 2 is 2.05 bits per heavy atom. The summed E-state index contributed by atoms with van der Waals surface area (Å²) in [7, 11) is 0. The third-order valence-corrected chi connectivity index (χ3v) is 2.58. The first kappa shape index (κ1) is 13.2. The lowest BCUT2D eigenvalue weighted by atomic mass is 10.1. The summed E-state index contributed by atoms with van der Waals surface area (Å²) in [6.07, 6.45) is 0. The number of aliphatic hydroxyl groups is 2. The summed E-state index contributed by atoms with van der Waals surface area (Å²) in [5, 5.41) is 25.0. The van der Waals surface area contributed by atoms with E-state index >= 15 is 0 Å². The van der Waals surface area contributed by atoms with Gasteiger partial charge in [-0.05, 0) is 32.0 Å². The highest BCUT2D eigenvalue weighted by atomic mass is 16.5. The Bertz CT molecular complexity index is 699. The monoisotopic (exact) mass is 264 g/mol. The van der Waals surface area contributed by atoms with Crippen molar-refractivity contribution < 1.29 is 19.5 Å². The molecular weight excluding hydrogens is 252 g/mol. The maximum atomic E-state index is 11.4. The normalized spacial score (nSPS) is 11.6. The number of carbonyl (C=O) groups excluding carboxylic acids is 1. The number of carbonyl (C=O) groups is 1. The van der Waals surface area contributed by atoms with Gasteiger partial charge >= 0.3 is 5.63 Å². The quantitative estimate of drug-likeness (QED) is 0.665. The number of aromatic nitrogens is 1. The Morgan fingerprint density at radius 3 is 2.68 bits per heavy atom. The van der Waals surface area contributed by atoms with Gasteiger partial charge in [0.2, 0.25) is 5.79 Å². The number of aryl methyl sites for hydroxylation is 1. The Kier molecular flexibility index (Phi) is 3.09. The standard InChI is InChI=1S/C12H12N2O5/c1-6-9-5-7(13-11(16)12(2,17)18)3-4-8(9)10(15)19-14-6/h3-5,17-18H,1-2H3,(H,13,16). The number of nitrogens with one attached hydrogen (secondary N) is 1. The van der Waals surface area contributed by atoms with Gasteiger partial charge in [0.15, 0.2) is 0 Å². The zero-order chi connectivity index (χ0) is 14.2. The lowest BCUT2D eigenvalue weighted by Crippen LogP contribution is -2.39. The zero-order valence-corrected chi connectivity index (χ0v) is 10.3. The van der Waals surface area contributed by atoms with Crippen molar-refractivity contribution in [1.82, 2.24) is 5.16 Å². The average Bonchev–Trinajstić information content (AvgIpc) is 2.33. The SMILES string of the molecule is Cc1noc(=O)c2ccc(NC(=O)C(C)(O)O)cc12. The van der Waals surface area contributed by atoms with Gasteiger partial charge in [-0.2, -0.15) is 0 Å². The highest BCUT2D eigenvalue weighted by Gasteiger charge is 2.26. The largest absolute Gasteiger partial charge is 0.366 e. The summed E-state index contributed by atoms with van der Waals surface area (Å²) in [5.41, 5.74) is 0.233. The molecule has 0 saturated carbocycles. The molecule has 2 aromatic rings. The Balaban J connectivity index is 2.46. The van der Waals surface area contributed by atoms with Crippen molar-refractivity contribution in [2.75, 3.05) is 5.32 Å². The van der Waals surface area contributed by atoms with Crippen LogP contribution in [0.1, 0.15) is 12.6 Å². The summed E-state index contributed by atoms with van der Waals surface area (Å²) >= 11 is 0. The van der Waals surface area contributed by atoms with Crippen LogP contribution in [-0.2, 0) is 4.79 Å². The summed E-state index contributed by atoms with van der Waals surface area (Å²) < 4.78 is 4.57. The minimum absolute atomic E-state index is 0.322. The molecule has 0 aliphatic carbocycles. The van der Waals surface area contributed by atoms with E-state index in [1.807, 2.05) is 0 Å². The number of nitrogens with zero attached hydrogens (tertiary/aromatic N) is 1. The van der Waals surface area contributed by atoms with Gasteiger partial charge in [0, 0.05) is 11.1 Å². The van der Waals surface area contributed by atoms with E-state index in [0.29, 0.717) is 22.2 Å². The van der Waals surface area contributed by atoms with Crippen LogP contribution in [-0.4, -0.2) is 27.1 Å². The number of anilines is 1. The zero-order valence-electron chi connectivity index (χ0n) is 10.3. The topological polar surface area (TPSA) is 113 Å². The fourth-order valence-corrected chi connectivity index (χ4v) is 1.56. The Hall–Kier alpha value is -2.25. The molecule has 3 N–H and O–H groups in total. The molecule has 0 fully saturated rings. The van der Waals surface area contributed by atoms with Crippen LogP contribution in [0.3, 0.4) is 0 Å². The second kappa shape index (κ2) is 4.45. The van der Waals surface area contributed by atoms with Crippen molar-refractivity contribution in [3.8, 4) is 0 Å². The Morgan fingerprint density at radius 1 is 1.37 bits per heavy atom. The van der Waals surface area contributed by atoms with Gasteiger partial charge in [-0.15, -0.1) is 0 Å². The molecule has 7 heteroatoms. The van der Waals surface area contributed by atoms with Crippen LogP contribution in [0.4, 0.5) is 5.69 Å². The third kappa shape index (κ3) is 2.61. The minimum atomic E-state index is -2.47. The summed E-state index contributed by atoms with van der Waals surface area (Å²) in [5.74, 6) is -3.45. The molecular formula is C12H12N2O5. The molecule has 100 valence electrons. The van der Waals surface area contributed by atoms with Crippen molar-refractivity contribution >= 4 is 22.4 Å². The van der Waals surface area contributed by atoms with Gasteiger partial charge in [0.25, 0.3) is 5.91 Å². The smallest absolute Gasteiger partial charge is 0.358 e. The van der Waals surface area contributed by atoms with Crippen LogP contribution in [0.2, 0.25) is 0 Å². The van der Waals surface area contributed by atoms with E-state index in [1.54, 1.807) is 6.92 Å². The predicted molar refractivity (Wildman–Crippen MR) is 66.5 cm³/mol. The van der Waals surface area contributed by atoms with Crippen LogP contribution in [0.5, 0.6) is 0 Å². The third-order valence-electron chi connectivity index (χ3n) is 2.58. The van der Waals surface area contributed by atoms with Gasteiger partial charge in [-0.25, -0.2) is 4.79 Å². The van der Waals surface area contributed by atoms with Gasteiger partial charge in [-0.1, -0.05) is 5.16 Å². The highest BCUT2D eigenvalue weighted by Crippen LogP contribution is 2.19. The first-order valence-corrected chi connectivity index (χ1v) is 5.45. The molecule has 0 bridgehead atoms. The van der Waals surface area contributed by atoms with Crippen LogP contribution in [0, 0.1) is 6.92 Å². The van der Waals surface area contributed by atoms with Gasteiger partial charge in [0.1, 0.15) is 0 Å². The van der Waals surface area contributed by atoms with Gasteiger partial charge in [0.05, 0.1) is 11.1 Å². The van der Waals surface area contributed by atoms with Crippen molar-refractivity contribution in [2.24, 2.45) is 0 Å². The molecule has 0 aliphatic rings. The lowest BCUT2D eigenvalue weighted by molar-refractivity contribution is -0.172. The fraction of sp³-hybridized carbons (Fsp3) is 0.250. The van der Waals surface area contributed by atoms with E-state index in [4.69, 9.17) is 10.2 Å². The minimum Gasteiger partial charge on any atom is -0.358 e. The molecule has 2 rings (SSSR count). The molecule has 0 atom stereocenters. The van der Waals surface area contributed by atoms with Gasteiger partial charge < -0.3 is 20.1 Å². The summed E-state index contributed by atoms with van der Waals surface area (Å²) in [6.45, 7) is 2.60. The number of amides is 1. The number of rotatable bonds is 2. The molecule has 7 nitrogen and oxygen atoms in total. The molecule has 1 heterocycles. The summed E-state index contributed by atoms with van der Waals surface area (Å²) in [6, 6.07) is 4.44. The van der Waals surface area contributed by atoms with Crippen LogP contribution >= 0.6 is 0 Å². The van der Waals surface area contributed by atoms with Crippen molar-refractivity contribution in [3.63, 3.8) is 0 Å². The molecule has 1 aromatic carbocycles. The molecule has 0 saturated heterocycles. The van der Waals surface area contributed by atoms with Crippen molar-refractivity contribution in [2.45, 2.75) is 19.6 Å². The Labute approximate surface area is 107 Å².